The highest BCUT2D eigenvalue weighted by molar-refractivity contribution is 7.09. The lowest BCUT2D eigenvalue weighted by molar-refractivity contribution is -0.121. The Kier molecular flexibility index (Phi) is 4.23. The molecule has 0 fully saturated rings. The molecule has 2 atom stereocenters. The number of rotatable bonds is 5. The van der Waals surface area contributed by atoms with Crippen LogP contribution >= 0.6 is 11.3 Å². The minimum atomic E-state index is -0.304. The Labute approximate surface area is 93.9 Å². The summed E-state index contributed by atoms with van der Waals surface area (Å²) in [7, 11) is 0. The molecule has 5 heteroatoms. The van der Waals surface area contributed by atoms with E-state index in [1.54, 1.807) is 23.0 Å². The number of hydrogen-bond acceptors (Lipinski definition) is 4. The van der Waals surface area contributed by atoms with Crippen molar-refractivity contribution in [2.45, 2.75) is 32.9 Å². The number of thiazole rings is 1. The van der Waals surface area contributed by atoms with E-state index in [-0.39, 0.29) is 23.9 Å². The van der Waals surface area contributed by atoms with Gasteiger partial charge in [-0.15, -0.1) is 11.3 Å². The van der Waals surface area contributed by atoms with Crippen molar-refractivity contribution in [1.29, 1.82) is 0 Å². The van der Waals surface area contributed by atoms with Gasteiger partial charge in [0.1, 0.15) is 0 Å². The maximum absolute atomic E-state index is 11.2. The van der Waals surface area contributed by atoms with E-state index >= 15 is 0 Å². The summed E-state index contributed by atoms with van der Waals surface area (Å²) in [5, 5.41) is 3.21. The number of carbonyl (C=O) groups excluding carboxylic acids is 1. The number of amides is 1. The Morgan fingerprint density at radius 1 is 1.53 bits per heavy atom. The molecule has 0 saturated heterocycles. The van der Waals surface area contributed by atoms with Gasteiger partial charge in [-0.1, -0.05) is 13.8 Å². The highest BCUT2D eigenvalue weighted by Crippen LogP contribution is 2.18. The van der Waals surface area contributed by atoms with Crippen molar-refractivity contribution in [3.63, 3.8) is 0 Å². The van der Waals surface area contributed by atoms with Crippen molar-refractivity contribution in [2.24, 2.45) is 11.7 Å². The predicted octanol–water partition coefficient (Wildman–Crippen LogP) is 1.30. The molecule has 0 aliphatic rings. The first-order chi connectivity index (χ1) is 7.02. The highest BCUT2D eigenvalue weighted by atomic mass is 32.1. The molecule has 2 unspecified atom stereocenters. The number of nitrogens with two attached hydrogens (primary N) is 1. The molecule has 1 aromatic rings. The normalized spacial score (nSPS) is 15.2. The van der Waals surface area contributed by atoms with E-state index in [0.29, 0.717) is 0 Å². The molecular weight excluding hydrogens is 210 g/mol. The lowest BCUT2D eigenvalue weighted by Crippen LogP contribution is -2.45. The van der Waals surface area contributed by atoms with Crippen molar-refractivity contribution < 1.29 is 4.79 Å². The molecule has 15 heavy (non-hydrogen) atoms. The summed E-state index contributed by atoms with van der Waals surface area (Å²) in [6.07, 6.45) is 1.81. The Morgan fingerprint density at radius 2 is 2.20 bits per heavy atom. The van der Waals surface area contributed by atoms with Gasteiger partial charge < -0.3 is 5.73 Å². The molecule has 0 aliphatic carbocycles. The van der Waals surface area contributed by atoms with Crippen molar-refractivity contribution >= 4 is 17.2 Å². The molecule has 0 saturated carbocycles. The van der Waals surface area contributed by atoms with Gasteiger partial charge in [0, 0.05) is 17.1 Å². The van der Waals surface area contributed by atoms with E-state index in [4.69, 9.17) is 5.73 Å². The summed E-state index contributed by atoms with van der Waals surface area (Å²) in [4.78, 5) is 16.3. The smallest absolute Gasteiger partial charge is 0.234 e. The third-order valence-corrected chi connectivity index (χ3v) is 3.24. The zero-order valence-corrected chi connectivity index (χ0v) is 10.0. The largest absolute Gasteiger partial charge is 0.368 e. The number of hydrogen-bond donors (Lipinski definition) is 2. The van der Waals surface area contributed by atoms with Crippen molar-refractivity contribution in [3.05, 3.63) is 16.6 Å². The average Bonchev–Trinajstić information content (AvgIpc) is 2.65. The van der Waals surface area contributed by atoms with E-state index in [2.05, 4.69) is 10.3 Å². The SMILES string of the molecule is CC(NC(C(N)=O)C(C)C)c1cncs1. The van der Waals surface area contributed by atoms with Gasteiger partial charge in [0.25, 0.3) is 0 Å². The van der Waals surface area contributed by atoms with Gasteiger partial charge in [-0.25, -0.2) is 0 Å². The van der Waals surface area contributed by atoms with Crippen LogP contribution in [0.4, 0.5) is 0 Å². The molecule has 0 radical (unpaired) electrons. The first-order valence-electron chi connectivity index (χ1n) is 4.96. The average molecular weight is 227 g/mol. The Balaban J connectivity index is 2.63. The minimum Gasteiger partial charge on any atom is -0.368 e. The van der Waals surface area contributed by atoms with Gasteiger partial charge in [-0.05, 0) is 12.8 Å². The first kappa shape index (κ1) is 12.1. The fourth-order valence-corrected chi connectivity index (χ4v) is 2.03. The second kappa shape index (κ2) is 5.23. The molecule has 84 valence electrons. The number of nitrogens with one attached hydrogen (secondary N) is 1. The molecule has 1 aromatic heterocycles. The van der Waals surface area contributed by atoms with Gasteiger partial charge in [-0.2, -0.15) is 0 Å². The quantitative estimate of drug-likeness (QED) is 0.796. The summed E-state index contributed by atoms with van der Waals surface area (Å²) in [6.45, 7) is 5.95. The van der Waals surface area contributed by atoms with Crippen LogP contribution in [0.5, 0.6) is 0 Å². The summed E-state index contributed by atoms with van der Waals surface area (Å²) in [5.41, 5.74) is 7.11. The van der Waals surface area contributed by atoms with Crippen LogP contribution in [-0.4, -0.2) is 16.9 Å². The van der Waals surface area contributed by atoms with Crippen LogP contribution in [0.1, 0.15) is 31.7 Å². The molecule has 3 N–H and O–H groups in total. The lowest BCUT2D eigenvalue weighted by atomic mass is 10.0. The summed E-state index contributed by atoms with van der Waals surface area (Å²) >= 11 is 1.57. The molecule has 0 bridgehead atoms. The van der Waals surface area contributed by atoms with Crippen molar-refractivity contribution in [1.82, 2.24) is 10.3 Å². The number of aromatic nitrogens is 1. The second-order valence-corrected chi connectivity index (χ2v) is 4.83. The van der Waals surface area contributed by atoms with Crippen molar-refractivity contribution in [2.75, 3.05) is 0 Å². The van der Waals surface area contributed by atoms with E-state index in [0.717, 1.165) is 4.88 Å². The Hall–Kier alpha value is -0.940. The summed E-state index contributed by atoms with van der Waals surface area (Å²) in [6, 6.07) is -0.181. The van der Waals surface area contributed by atoms with Gasteiger partial charge in [-0.3, -0.25) is 15.1 Å². The van der Waals surface area contributed by atoms with Crippen LogP contribution in [0.2, 0.25) is 0 Å². The fraction of sp³-hybridized carbons (Fsp3) is 0.600. The molecule has 0 aliphatic heterocycles. The molecule has 1 amide bonds. The predicted molar refractivity (Wildman–Crippen MR) is 61.5 cm³/mol. The lowest BCUT2D eigenvalue weighted by Gasteiger charge is -2.22. The fourth-order valence-electron chi connectivity index (χ4n) is 1.39. The first-order valence-corrected chi connectivity index (χ1v) is 5.84. The maximum atomic E-state index is 11.2. The minimum absolute atomic E-state index is 0.109. The standard InChI is InChI=1S/C10H17N3OS/c1-6(2)9(10(11)14)13-7(3)8-4-12-5-15-8/h4-7,9,13H,1-3H3,(H2,11,14). The van der Waals surface area contributed by atoms with Crippen LogP contribution in [0.3, 0.4) is 0 Å². The van der Waals surface area contributed by atoms with Crippen LogP contribution in [0.15, 0.2) is 11.7 Å². The highest BCUT2D eigenvalue weighted by Gasteiger charge is 2.22. The van der Waals surface area contributed by atoms with Crippen LogP contribution < -0.4 is 11.1 Å². The van der Waals surface area contributed by atoms with E-state index in [1.807, 2.05) is 20.8 Å². The monoisotopic (exact) mass is 227 g/mol. The van der Waals surface area contributed by atoms with Crippen LogP contribution in [0, 0.1) is 5.92 Å². The van der Waals surface area contributed by atoms with Gasteiger partial charge >= 0.3 is 0 Å². The second-order valence-electron chi connectivity index (χ2n) is 3.92. The van der Waals surface area contributed by atoms with Crippen LogP contribution in [0.25, 0.3) is 0 Å². The molecule has 0 aromatic carbocycles. The zero-order chi connectivity index (χ0) is 11.4. The molecule has 1 rings (SSSR count). The third-order valence-electron chi connectivity index (χ3n) is 2.28. The third kappa shape index (κ3) is 3.28. The number of nitrogens with zero attached hydrogens (tertiary/aromatic N) is 1. The van der Waals surface area contributed by atoms with Gasteiger partial charge in [0.2, 0.25) is 5.91 Å². The van der Waals surface area contributed by atoms with E-state index < -0.39 is 0 Å². The Bertz CT molecular complexity index is 310. The van der Waals surface area contributed by atoms with E-state index in [1.165, 1.54) is 0 Å². The topological polar surface area (TPSA) is 68.0 Å². The zero-order valence-electron chi connectivity index (χ0n) is 9.23. The maximum Gasteiger partial charge on any atom is 0.234 e. The van der Waals surface area contributed by atoms with E-state index in [9.17, 15) is 4.79 Å². The summed E-state index contributed by atoms with van der Waals surface area (Å²) < 4.78 is 0. The molecular formula is C10H17N3OS. The molecule has 4 nitrogen and oxygen atoms in total. The summed E-state index contributed by atoms with van der Waals surface area (Å²) in [5.74, 6) is -0.112. The molecule has 0 spiro atoms. The number of primary amides is 1. The van der Waals surface area contributed by atoms with Crippen molar-refractivity contribution in [3.8, 4) is 0 Å². The Morgan fingerprint density at radius 3 is 2.60 bits per heavy atom. The van der Waals surface area contributed by atoms with Crippen LogP contribution in [-0.2, 0) is 4.79 Å². The van der Waals surface area contributed by atoms with Gasteiger partial charge in [0.05, 0.1) is 11.6 Å². The van der Waals surface area contributed by atoms with Gasteiger partial charge in [0.15, 0.2) is 0 Å². The molecule has 1 heterocycles. The number of carbonyl (C=O) groups is 1.